The fraction of sp³-hybridized carbons (Fsp3) is 0.375. The predicted molar refractivity (Wildman–Crippen MR) is 72.9 cm³/mol. The van der Waals surface area contributed by atoms with Crippen molar-refractivity contribution in [2.24, 2.45) is 5.41 Å². The third-order valence-electron chi connectivity index (χ3n) is 3.83. The van der Waals surface area contributed by atoms with Gasteiger partial charge in [-0.15, -0.1) is 6.58 Å². The monoisotopic (exact) mass is 292 g/mol. The highest BCUT2D eigenvalue weighted by Gasteiger charge is 2.50. The van der Waals surface area contributed by atoms with Crippen LogP contribution < -0.4 is 0 Å². The molecule has 1 atom stereocenters. The average molecular weight is 292 g/mol. The Morgan fingerprint density at radius 2 is 1.62 bits per heavy atom. The molecule has 0 amide bonds. The minimum Gasteiger partial charge on any atom is -0.197 e. The van der Waals surface area contributed by atoms with Gasteiger partial charge in [-0.2, -0.15) is 23.7 Å². The molecule has 0 N–H and O–H groups in total. The van der Waals surface area contributed by atoms with Gasteiger partial charge >= 0.3 is 6.18 Å². The zero-order valence-electron chi connectivity index (χ0n) is 11.6. The van der Waals surface area contributed by atoms with Gasteiger partial charge in [0.1, 0.15) is 0 Å². The lowest BCUT2D eigenvalue weighted by Gasteiger charge is -2.38. The maximum Gasteiger partial charge on any atom is 0.389 e. The largest absolute Gasteiger partial charge is 0.389 e. The van der Waals surface area contributed by atoms with E-state index in [0.29, 0.717) is 5.56 Å². The zero-order chi connectivity index (χ0) is 16.1. The molecule has 0 saturated heterocycles. The van der Waals surface area contributed by atoms with Crippen LogP contribution >= 0.6 is 0 Å². The summed E-state index contributed by atoms with van der Waals surface area (Å²) in [6.45, 7) is 5.20. The van der Waals surface area contributed by atoms with Gasteiger partial charge in [-0.05, 0) is 18.9 Å². The van der Waals surface area contributed by atoms with E-state index in [1.807, 2.05) is 0 Å². The number of alkyl halides is 3. The van der Waals surface area contributed by atoms with Crippen LogP contribution in [0.25, 0.3) is 0 Å². The highest BCUT2D eigenvalue weighted by atomic mass is 19.4. The molecule has 110 valence electrons. The van der Waals surface area contributed by atoms with Crippen molar-refractivity contribution >= 4 is 0 Å². The van der Waals surface area contributed by atoms with Gasteiger partial charge in [-0.3, -0.25) is 0 Å². The molecular formula is C16H15F3N2. The fourth-order valence-corrected chi connectivity index (χ4v) is 2.28. The summed E-state index contributed by atoms with van der Waals surface area (Å²) in [4.78, 5) is 0. The molecular weight excluding hydrogens is 277 g/mol. The van der Waals surface area contributed by atoms with Crippen molar-refractivity contribution < 1.29 is 13.2 Å². The van der Waals surface area contributed by atoms with E-state index >= 15 is 0 Å². The minimum absolute atomic E-state index is 0.588. The highest BCUT2D eigenvalue weighted by molar-refractivity contribution is 5.40. The first-order valence-electron chi connectivity index (χ1n) is 6.33. The summed E-state index contributed by atoms with van der Waals surface area (Å²) in [5, 5.41) is 18.8. The Morgan fingerprint density at radius 1 is 1.10 bits per heavy atom. The molecule has 0 fully saturated rings. The van der Waals surface area contributed by atoms with E-state index in [1.54, 1.807) is 49.4 Å². The second-order valence-corrected chi connectivity index (χ2v) is 5.02. The number of rotatable bonds is 5. The Morgan fingerprint density at radius 3 is 2.00 bits per heavy atom. The molecule has 0 radical (unpaired) electrons. The van der Waals surface area contributed by atoms with Crippen molar-refractivity contribution in [2.45, 2.75) is 31.4 Å². The van der Waals surface area contributed by atoms with E-state index in [2.05, 4.69) is 6.58 Å². The zero-order valence-corrected chi connectivity index (χ0v) is 11.6. The van der Waals surface area contributed by atoms with Gasteiger partial charge in [0.25, 0.3) is 0 Å². The lowest BCUT2D eigenvalue weighted by atomic mass is 9.60. The molecule has 0 aromatic heterocycles. The van der Waals surface area contributed by atoms with Crippen LogP contribution in [0, 0.1) is 28.1 Å². The molecule has 21 heavy (non-hydrogen) atoms. The summed E-state index contributed by atoms with van der Waals surface area (Å²) in [6.07, 6.45) is -4.83. The normalized spacial score (nSPS) is 14.6. The maximum atomic E-state index is 12.5. The van der Waals surface area contributed by atoms with Crippen LogP contribution in [-0.4, -0.2) is 6.18 Å². The van der Waals surface area contributed by atoms with Gasteiger partial charge in [-0.1, -0.05) is 36.4 Å². The Hall–Kier alpha value is -2.27. The Balaban J connectivity index is 3.34. The third-order valence-corrected chi connectivity index (χ3v) is 3.83. The molecule has 0 aliphatic heterocycles. The molecule has 0 bridgehead atoms. The molecule has 0 unspecified atom stereocenters. The van der Waals surface area contributed by atoms with Crippen LogP contribution in [0.15, 0.2) is 43.0 Å². The SMILES string of the molecule is C=C[C@@](C)(c1ccccc1)C(C#N)(C#N)CCC(F)(F)F. The van der Waals surface area contributed by atoms with Crippen LogP contribution in [0.4, 0.5) is 13.2 Å². The van der Waals surface area contributed by atoms with Crippen LogP contribution in [0.2, 0.25) is 0 Å². The minimum atomic E-state index is -4.42. The maximum absolute atomic E-state index is 12.5. The molecule has 1 rings (SSSR count). The first-order chi connectivity index (χ1) is 9.74. The van der Waals surface area contributed by atoms with Crippen molar-refractivity contribution in [1.82, 2.24) is 0 Å². The van der Waals surface area contributed by atoms with E-state index in [0.717, 1.165) is 0 Å². The number of allylic oxidation sites excluding steroid dienone is 1. The molecule has 0 saturated carbocycles. The topological polar surface area (TPSA) is 47.6 Å². The van der Waals surface area contributed by atoms with Crippen molar-refractivity contribution in [1.29, 1.82) is 10.5 Å². The Bertz CT molecular complexity index is 564. The number of hydrogen-bond acceptors (Lipinski definition) is 2. The van der Waals surface area contributed by atoms with Crippen molar-refractivity contribution in [2.75, 3.05) is 0 Å². The first-order valence-corrected chi connectivity index (χ1v) is 6.33. The standard InChI is InChI=1S/C16H15F3N2/c1-3-14(2,13-7-5-4-6-8-13)15(11-20,12-21)9-10-16(17,18)19/h3-8H,1,9-10H2,2H3/t14-/m0/s1. The molecule has 0 aliphatic rings. The van der Waals surface area contributed by atoms with E-state index in [-0.39, 0.29) is 0 Å². The van der Waals surface area contributed by atoms with Crippen LogP contribution in [0.3, 0.4) is 0 Å². The average Bonchev–Trinajstić information content (AvgIpc) is 2.48. The molecule has 5 heteroatoms. The van der Waals surface area contributed by atoms with Crippen LogP contribution in [-0.2, 0) is 5.41 Å². The molecule has 0 heterocycles. The second kappa shape index (κ2) is 6.01. The van der Waals surface area contributed by atoms with Crippen molar-refractivity contribution in [3.05, 3.63) is 48.6 Å². The van der Waals surface area contributed by atoms with E-state index in [4.69, 9.17) is 0 Å². The number of benzene rings is 1. The van der Waals surface area contributed by atoms with Crippen molar-refractivity contribution in [3.8, 4) is 12.1 Å². The summed E-state index contributed by atoms with van der Waals surface area (Å²) in [7, 11) is 0. The molecule has 0 spiro atoms. The summed E-state index contributed by atoms with van der Waals surface area (Å²) >= 11 is 0. The quantitative estimate of drug-likeness (QED) is 0.750. The number of nitriles is 2. The molecule has 1 aromatic rings. The summed E-state index contributed by atoms with van der Waals surface area (Å²) in [5.74, 6) is 0. The van der Waals surface area contributed by atoms with E-state index in [9.17, 15) is 23.7 Å². The number of nitrogens with zero attached hydrogens (tertiary/aromatic N) is 2. The Kier molecular flexibility index (Phi) is 4.80. The summed E-state index contributed by atoms with van der Waals surface area (Å²) < 4.78 is 37.5. The highest BCUT2D eigenvalue weighted by Crippen LogP contribution is 2.47. The lowest BCUT2D eigenvalue weighted by molar-refractivity contribution is -0.139. The number of hydrogen-bond donors (Lipinski definition) is 0. The molecule has 0 aliphatic carbocycles. The molecule has 1 aromatic carbocycles. The van der Waals surface area contributed by atoms with Crippen molar-refractivity contribution in [3.63, 3.8) is 0 Å². The first kappa shape index (κ1) is 16.8. The number of halogens is 3. The van der Waals surface area contributed by atoms with Gasteiger partial charge in [0.15, 0.2) is 5.41 Å². The van der Waals surface area contributed by atoms with Gasteiger partial charge in [0.2, 0.25) is 0 Å². The van der Waals surface area contributed by atoms with Crippen LogP contribution in [0.1, 0.15) is 25.3 Å². The summed E-state index contributed by atoms with van der Waals surface area (Å²) in [5.41, 5.74) is -2.43. The molecule has 2 nitrogen and oxygen atoms in total. The van der Waals surface area contributed by atoms with Crippen LogP contribution in [0.5, 0.6) is 0 Å². The fourth-order valence-electron chi connectivity index (χ4n) is 2.28. The predicted octanol–water partition coefficient (Wildman–Crippen LogP) is 4.51. The lowest BCUT2D eigenvalue weighted by Crippen LogP contribution is -2.41. The second-order valence-electron chi connectivity index (χ2n) is 5.02. The van der Waals surface area contributed by atoms with E-state index in [1.165, 1.54) is 6.08 Å². The van der Waals surface area contributed by atoms with E-state index < -0.39 is 29.8 Å². The summed E-state index contributed by atoms with van der Waals surface area (Å²) in [6, 6.07) is 12.1. The smallest absolute Gasteiger partial charge is 0.197 e. The third kappa shape index (κ3) is 3.25. The van der Waals surface area contributed by atoms with Gasteiger partial charge < -0.3 is 0 Å². The van der Waals surface area contributed by atoms with Gasteiger partial charge in [0.05, 0.1) is 12.1 Å². The van der Waals surface area contributed by atoms with Gasteiger partial charge in [0, 0.05) is 11.8 Å². The Labute approximate surface area is 122 Å². The van der Waals surface area contributed by atoms with Gasteiger partial charge in [-0.25, -0.2) is 0 Å².